The first-order chi connectivity index (χ1) is 5.52. The zero-order chi connectivity index (χ0) is 9.30. The van der Waals surface area contributed by atoms with Crippen molar-refractivity contribution >= 4 is 33.2 Å². The van der Waals surface area contributed by atoms with Crippen molar-refractivity contribution in [2.45, 2.75) is 6.43 Å². The van der Waals surface area contributed by atoms with Gasteiger partial charge in [0.15, 0.2) is 0 Å². The minimum atomic E-state index is -2.60. The maximum atomic E-state index is 12.2. The molecule has 0 aliphatic carbocycles. The van der Waals surface area contributed by atoms with Gasteiger partial charge < -0.3 is 5.73 Å². The molecular weight excluding hydrogens is 251 g/mol. The highest BCUT2D eigenvalue weighted by atomic mass is 79.9. The highest BCUT2D eigenvalue weighted by Gasteiger charge is 2.14. The molecule has 0 bridgehead atoms. The van der Waals surface area contributed by atoms with Crippen LogP contribution >= 0.6 is 27.5 Å². The Morgan fingerprint density at radius 2 is 2.00 bits per heavy atom. The van der Waals surface area contributed by atoms with E-state index in [1.807, 2.05) is 0 Å². The number of rotatable bonds is 1. The number of hydrogen-bond acceptors (Lipinski definition) is 1. The fourth-order valence-electron chi connectivity index (χ4n) is 0.791. The number of nitrogen functional groups attached to an aromatic ring is 1. The van der Waals surface area contributed by atoms with E-state index in [2.05, 4.69) is 15.9 Å². The van der Waals surface area contributed by atoms with Gasteiger partial charge in [0, 0.05) is 10.0 Å². The highest BCUT2D eigenvalue weighted by Crippen LogP contribution is 2.34. The fraction of sp³-hybridized carbons (Fsp3) is 0.143. The summed E-state index contributed by atoms with van der Waals surface area (Å²) in [6.45, 7) is 0. The zero-order valence-corrected chi connectivity index (χ0v) is 8.16. The molecule has 1 aromatic rings. The van der Waals surface area contributed by atoms with Gasteiger partial charge >= 0.3 is 0 Å². The first kappa shape index (κ1) is 9.74. The molecule has 66 valence electrons. The molecule has 0 saturated carbocycles. The number of benzene rings is 1. The summed E-state index contributed by atoms with van der Waals surface area (Å²) in [5.74, 6) is 0. The Bertz CT molecular complexity index is 304. The maximum absolute atomic E-state index is 12.2. The van der Waals surface area contributed by atoms with Crippen molar-refractivity contribution in [3.63, 3.8) is 0 Å². The Morgan fingerprint density at radius 3 is 2.50 bits per heavy atom. The predicted molar refractivity (Wildman–Crippen MR) is 48.5 cm³/mol. The largest absolute Gasteiger partial charge is 0.397 e. The van der Waals surface area contributed by atoms with Crippen LogP contribution in [0.2, 0.25) is 5.02 Å². The standard InChI is InChI=1S/C7H5BrClF2N/c8-3-1-4(7(10)11)6(9)5(12)2-3/h1-2,7H,12H2. The van der Waals surface area contributed by atoms with Crippen molar-refractivity contribution in [3.05, 3.63) is 27.2 Å². The second-order valence-corrected chi connectivity index (χ2v) is 3.49. The normalized spacial score (nSPS) is 10.8. The summed E-state index contributed by atoms with van der Waals surface area (Å²) in [5, 5.41) is -0.0757. The maximum Gasteiger partial charge on any atom is 0.265 e. The molecule has 1 aromatic carbocycles. The summed E-state index contributed by atoms with van der Waals surface area (Å²) in [7, 11) is 0. The van der Waals surface area contributed by atoms with Crippen LogP contribution in [0.5, 0.6) is 0 Å². The van der Waals surface area contributed by atoms with Gasteiger partial charge in [-0.1, -0.05) is 27.5 Å². The lowest BCUT2D eigenvalue weighted by atomic mass is 10.2. The van der Waals surface area contributed by atoms with E-state index in [0.717, 1.165) is 0 Å². The first-order valence-electron chi connectivity index (χ1n) is 3.05. The van der Waals surface area contributed by atoms with Crippen LogP contribution < -0.4 is 5.73 Å². The van der Waals surface area contributed by atoms with E-state index < -0.39 is 6.43 Å². The third kappa shape index (κ3) is 1.87. The van der Waals surface area contributed by atoms with Crippen LogP contribution in [0.15, 0.2) is 16.6 Å². The molecule has 0 radical (unpaired) electrons. The molecule has 12 heavy (non-hydrogen) atoms. The second kappa shape index (κ2) is 3.58. The van der Waals surface area contributed by atoms with Gasteiger partial charge in [0.2, 0.25) is 0 Å². The lowest BCUT2D eigenvalue weighted by Gasteiger charge is -2.05. The first-order valence-corrected chi connectivity index (χ1v) is 4.22. The molecule has 0 aliphatic heterocycles. The van der Waals surface area contributed by atoms with Gasteiger partial charge in [0.1, 0.15) is 0 Å². The summed E-state index contributed by atoms with van der Waals surface area (Å²) in [6, 6.07) is 2.73. The lowest BCUT2D eigenvalue weighted by molar-refractivity contribution is 0.151. The van der Waals surface area contributed by atoms with E-state index in [-0.39, 0.29) is 16.3 Å². The molecule has 2 N–H and O–H groups in total. The summed E-state index contributed by atoms with van der Waals surface area (Å²) in [6.07, 6.45) is -2.60. The van der Waals surface area contributed by atoms with Crippen molar-refractivity contribution in [3.8, 4) is 0 Å². The van der Waals surface area contributed by atoms with Gasteiger partial charge in [-0.25, -0.2) is 8.78 Å². The number of hydrogen-bond donors (Lipinski definition) is 1. The molecule has 0 atom stereocenters. The number of halogens is 4. The van der Waals surface area contributed by atoms with Gasteiger partial charge in [-0.2, -0.15) is 0 Å². The van der Waals surface area contributed by atoms with Crippen molar-refractivity contribution in [1.82, 2.24) is 0 Å². The topological polar surface area (TPSA) is 26.0 Å². The van der Waals surface area contributed by atoms with Crippen LogP contribution in [0.25, 0.3) is 0 Å². The Hall–Kier alpha value is -0.350. The minimum Gasteiger partial charge on any atom is -0.397 e. The number of alkyl halides is 2. The summed E-state index contributed by atoms with van der Waals surface area (Å²) >= 11 is 8.58. The molecule has 0 amide bonds. The summed E-state index contributed by atoms with van der Waals surface area (Å²) in [4.78, 5) is 0. The Kier molecular flexibility index (Phi) is 2.90. The van der Waals surface area contributed by atoms with E-state index >= 15 is 0 Å². The van der Waals surface area contributed by atoms with Crippen molar-refractivity contribution in [2.75, 3.05) is 5.73 Å². The molecule has 0 aliphatic rings. The van der Waals surface area contributed by atoms with Crippen molar-refractivity contribution in [2.24, 2.45) is 0 Å². The van der Waals surface area contributed by atoms with Crippen molar-refractivity contribution in [1.29, 1.82) is 0 Å². The van der Waals surface area contributed by atoms with Crippen LogP contribution in [-0.2, 0) is 0 Å². The molecule has 0 spiro atoms. The third-order valence-electron chi connectivity index (χ3n) is 1.33. The summed E-state index contributed by atoms with van der Waals surface area (Å²) < 4.78 is 25.0. The molecule has 1 rings (SSSR count). The average molecular weight is 256 g/mol. The molecule has 0 unspecified atom stereocenters. The monoisotopic (exact) mass is 255 g/mol. The molecule has 5 heteroatoms. The van der Waals surface area contributed by atoms with Crippen molar-refractivity contribution < 1.29 is 8.78 Å². The summed E-state index contributed by atoms with van der Waals surface area (Å²) in [5.41, 5.74) is 5.27. The molecular formula is C7H5BrClF2N. The molecule has 0 heterocycles. The SMILES string of the molecule is Nc1cc(Br)cc(C(F)F)c1Cl. The number of anilines is 1. The van der Waals surface area contributed by atoms with Gasteiger partial charge in [0.05, 0.1) is 10.7 Å². The van der Waals surface area contributed by atoms with Gasteiger partial charge in [-0.3, -0.25) is 0 Å². The van der Waals surface area contributed by atoms with E-state index in [0.29, 0.717) is 4.47 Å². The van der Waals surface area contributed by atoms with Gasteiger partial charge in [-0.05, 0) is 12.1 Å². The van der Waals surface area contributed by atoms with E-state index in [1.165, 1.54) is 12.1 Å². The lowest BCUT2D eigenvalue weighted by Crippen LogP contribution is -1.92. The smallest absolute Gasteiger partial charge is 0.265 e. The third-order valence-corrected chi connectivity index (χ3v) is 2.22. The van der Waals surface area contributed by atoms with Crippen LogP contribution in [0.1, 0.15) is 12.0 Å². The fourth-order valence-corrected chi connectivity index (χ4v) is 1.48. The molecule has 0 fully saturated rings. The van der Waals surface area contributed by atoms with Crippen LogP contribution in [0, 0.1) is 0 Å². The minimum absolute atomic E-state index is 0.0757. The quantitative estimate of drug-likeness (QED) is 0.763. The Balaban J connectivity index is 3.28. The Morgan fingerprint density at radius 1 is 1.42 bits per heavy atom. The number of nitrogens with two attached hydrogens (primary N) is 1. The van der Waals surface area contributed by atoms with Crippen LogP contribution in [0.3, 0.4) is 0 Å². The van der Waals surface area contributed by atoms with Gasteiger partial charge in [-0.15, -0.1) is 0 Å². The predicted octanol–water partition coefficient (Wildman–Crippen LogP) is 3.62. The Labute approximate surface area is 81.6 Å². The second-order valence-electron chi connectivity index (χ2n) is 2.20. The zero-order valence-electron chi connectivity index (χ0n) is 5.82. The highest BCUT2D eigenvalue weighted by molar-refractivity contribution is 9.10. The molecule has 0 aromatic heterocycles. The van der Waals surface area contributed by atoms with Crippen LogP contribution in [-0.4, -0.2) is 0 Å². The van der Waals surface area contributed by atoms with E-state index in [9.17, 15) is 8.78 Å². The van der Waals surface area contributed by atoms with E-state index in [1.54, 1.807) is 0 Å². The van der Waals surface area contributed by atoms with Crippen LogP contribution in [0.4, 0.5) is 14.5 Å². The molecule has 1 nitrogen and oxygen atoms in total. The molecule has 0 saturated heterocycles. The average Bonchev–Trinajstić information content (AvgIpc) is 1.96. The van der Waals surface area contributed by atoms with E-state index in [4.69, 9.17) is 17.3 Å². The van der Waals surface area contributed by atoms with Gasteiger partial charge in [0.25, 0.3) is 6.43 Å².